The van der Waals surface area contributed by atoms with E-state index in [2.05, 4.69) is 24.2 Å². The number of rotatable bonds is 1. The zero-order chi connectivity index (χ0) is 9.73. The first kappa shape index (κ1) is 11.3. The molecule has 1 nitrogen and oxygen atoms in total. The van der Waals surface area contributed by atoms with Crippen LogP contribution in [-0.2, 0) is 0 Å². The van der Waals surface area contributed by atoms with Crippen molar-refractivity contribution in [2.75, 3.05) is 13.1 Å². The summed E-state index contributed by atoms with van der Waals surface area (Å²) in [6, 6.07) is 0. The zero-order valence-electron chi connectivity index (χ0n) is 9.60. The summed E-state index contributed by atoms with van der Waals surface area (Å²) in [5.41, 5.74) is 0. The Bertz CT molecular complexity index is 130. The largest absolute Gasteiger partial charge is 0.324 e. The van der Waals surface area contributed by atoms with Crippen LogP contribution < -0.4 is 0 Å². The van der Waals surface area contributed by atoms with Crippen LogP contribution in [0.4, 0.5) is 0 Å². The monoisotopic (exact) mass is 199 g/mol. The van der Waals surface area contributed by atoms with Crippen molar-refractivity contribution >= 4 is 8.24 Å². The third-order valence-electron chi connectivity index (χ3n) is 3.05. The van der Waals surface area contributed by atoms with Gasteiger partial charge in [-0.3, -0.25) is 0 Å². The Balaban J connectivity index is 2.41. The molecule has 0 aliphatic carbocycles. The third kappa shape index (κ3) is 4.27. The van der Waals surface area contributed by atoms with Crippen LogP contribution >= 0.6 is 0 Å². The van der Waals surface area contributed by atoms with Gasteiger partial charge in [0.2, 0.25) is 0 Å². The van der Waals surface area contributed by atoms with Crippen LogP contribution in [0.3, 0.4) is 0 Å². The van der Waals surface area contributed by atoms with E-state index >= 15 is 0 Å². The number of nitrogens with zero attached hydrogens (tertiary/aromatic N) is 1. The van der Waals surface area contributed by atoms with Gasteiger partial charge in [0.25, 0.3) is 0 Å². The molecule has 0 aromatic rings. The predicted octanol–water partition coefficient (Wildman–Crippen LogP) is 3.48. The number of hydrogen-bond acceptors (Lipinski definition) is 1. The topological polar surface area (TPSA) is 3.24 Å². The lowest BCUT2D eigenvalue weighted by atomic mass is 10.1. The molecule has 0 bridgehead atoms. The lowest BCUT2D eigenvalue weighted by molar-refractivity contribution is 0.409. The van der Waals surface area contributed by atoms with Crippen LogP contribution in [0, 0.1) is 0 Å². The van der Waals surface area contributed by atoms with Gasteiger partial charge in [-0.2, -0.15) is 0 Å². The van der Waals surface area contributed by atoms with Crippen LogP contribution in [-0.4, -0.2) is 25.9 Å². The highest BCUT2D eigenvalue weighted by Gasteiger charge is 2.22. The summed E-state index contributed by atoms with van der Waals surface area (Å²) < 4.78 is 2.79. The Morgan fingerprint density at radius 3 is 1.46 bits per heavy atom. The normalized spacial score (nSPS) is 23.3. The minimum Gasteiger partial charge on any atom is -0.324 e. The highest BCUT2D eigenvalue weighted by molar-refractivity contribution is 6.73. The van der Waals surface area contributed by atoms with Crippen LogP contribution in [0.1, 0.15) is 38.5 Å². The van der Waals surface area contributed by atoms with Crippen molar-refractivity contribution in [3.05, 3.63) is 0 Å². The van der Waals surface area contributed by atoms with E-state index < -0.39 is 8.24 Å². The molecule has 0 spiro atoms. The second-order valence-electron chi connectivity index (χ2n) is 5.28. The van der Waals surface area contributed by atoms with E-state index in [0.29, 0.717) is 0 Å². The molecule has 78 valence electrons. The minimum atomic E-state index is -1.00. The molecule has 1 rings (SSSR count). The van der Waals surface area contributed by atoms with E-state index in [1.807, 2.05) is 0 Å². The average Bonchev–Trinajstić information content (AvgIpc) is 2.14. The average molecular weight is 199 g/mol. The fraction of sp³-hybridized carbons (Fsp3) is 1.00. The summed E-state index contributed by atoms with van der Waals surface area (Å²) >= 11 is 0. The van der Waals surface area contributed by atoms with Crippen molar-refractivity contribution in [3.63, 3.8) is 0 Å². The molecule has 0 unspecified atom stereocenters. The van der Waals surface area contributed by atoms with Gasteiger partial charge in [-0.05, 0) is 25.9 Å². The first-order valence-corrected chi connectivity index (χ1v) is 9.30. The van der Waals surface area contributed by atoms with Gasteiger partial charge in [0.05, 0.1) is 0 Å². The molecule has 0 amide bonds. The van der Waals surface area contributed by atoms with Gasteiger partial charge >= 0.3 is 0 Å². The summed E-state index contributed by atoms with van der Waals surface area (Å²) in [5, 5.41) is 0. The summed E-state index contributed by atoms with van der Waals surface area (Å²) in [5.74, 6) is 0. The standard InChI is InChI=1S/C11H25NSi/c1-13(2,3)12-10-8-6-4-5-7-9-11-12/h4-11H2,1-3H3. The lowest BCUT2D eigenvalue weighted by Gasteiger charge is -2.33. The van der Waals surface area contributed by atoms with Gasteiger partial charge in [0.15, 0.2) is 0 Å². The van der Waals surface area contributed by atoms with E-state index in [4.69, 9.17) is 0 Å². The predicted molar refractivity (Wildman–Crippen MR) is 62.6 cm³/mol. The molecule has 1 saturated heterocycles. The Kier molecular flexibility index (Phi) is 4.46. The summed E-state index contributed by atoms with van der Waals surface area (Å²) in [7, 11) is -1.00. The summed E-state index contributed by atoms with van der Waals surface area (Å²) in [6.45, 7) is 10.2. The maximum atomic E-state index is 2.79. The van der Waals surface area contributed by atoms with Gasteiger partial charge in [-0.15, -0.1) is 0 Å². The zero-order valence-corrected chi connectivity index (χ0v) is 10.6. The second kappa shape index (κ2) is 5.16. The van der Waals surface area contributed by atoms with Crippen molar-refractivity contribution in [1.29, 1.82) is 0 Å². The van der Waals surface area contributed by atoms with Crippen molar-refractivity contribution in [3.8, 4) is 0 Å². The molecule has 13 heavy (non-hydrogen) atoms. The van der Waals surface area contributed by atoms with Gasteiger partial charge in [0, 0.05) is 0 Å². The fourth-order valence-electron chi connectivity index (χ4n) is 2.10. The van der Waals surface area contributed by atoms with E-state index in [1.54, 1.807) is 0 Å². The highest BCUT2D eigenvalue weighted by Crippen LogP contribution is 2.16. The second-order valence-corrected chi connectivity index (χ2v) is 10.3. The SMILES string of the molecule is C[Si](C)(C)N1CCCCCCCC1. The molecule has 0 aromatic carbocycles. The first-order valence-electron chi connectivity index (χ1n) is 5.86. The van der Waals surface area contributed by atoms with E-state index in [0.717, 1.165) is 0 Å². The molecule has 1 aliphatic rings. The summed E-state index contributed by atoms with van der Waals surface area (Å²) in [4.78, 5) is 0. The quantitative estimate of drug-likeness (QED) is 0.585. The Morgan fingerprint density at radius 1 is 0.692 bits per heavy atom. The highest BCUT2D eigenvalue weighted by atomic mass is 28.3. The molecular weight excluding hydrogens is 174 g/mol. The molecule has 2 heteroatoms. The van der Waals surface area contributed by atoms with E-state index in [1.165, 1.54) is 51.6 Å². The first-order chi connectivity index (χ1) is 6.11. The maximum Gasteiger partial charge on any atom is 0.119 e. The third-order valence-corrected chi connectivity index (χ3v) is 5.40. The fourth-order valence-corrected chi connectivity index (χ4v) is 3.75. The Labute approximate surface area is 84.6 Å². The molecule has 1 heterocycles. The van der Waals surface area contributed by atoms with Crippen LogP contribution in [0.5, 0.6) is 0 Å². The Hall–Kier alpha value is 0.177. The molecule has 1 fully saturated rings. The smallest absolute Gasteiger partial charge is 0.119 e. The van der Waals surface area contributed by atoms with Gasteiger partial charge < -0.3 is 4.57 Å². The Morgan fingerprint density at radius 2 is 1.08 bits per heavy atom. The van der Waals surface area contributed by atoms with Gasteiger partial charge in [-0.25, -0.2) is 0 Å². The minimum absolute atomic E-state index is 1.00. The lowest BCUT2D eigenvalue weighted by Crippen LogP contribution is -2.46. The van der Waals surface area contributed by atoms with Crippen molar-refractivity contribution < 1.29 is 0 Å². The van der Waals surface area contributed by atoms with Crippen LogP contribution in [0.15, 0.2) is 0 Å². The van der Waals surface area contributed by atoms with Crippen LogP contribution in [0.2, 0.25) is 19.6 Å². The van der Waals surface area contributed by atoms with Gasteiger partial charge in [-0.1, -0.05) is 45.3 Å². The summed E-state index contributed by atoms with van der Waals surface area (Å²) in [6.07, 6.45) is 8.73. The maximum absolute atomic E-state index is 2.79. The molecule has 0 saturated carbocycles. The van der Waals surface area contributed by atoms with Crippen molar-refractivity contribution in [2.24, 2.45) is 0 Å². The molecular formula is C11H25NSi. The van der Waals surface area contributed by atoms with Gasteiger partial charge in [0.1, 0.15) is 8.24 Å². The van der Waals surface area contributed by atoms with Crippen molar-refractivity contribution in [2.45, 2.75) is 58.2 Å². The molecule has 0 N–H and O–H groups in total. The van der Waals surface area contributed by atoms with E-state index in [9.17, 15) is 0 Å². The van der Waals surface area contributed by atoms with Crippen LogP contribution in [0.25, 0.3) is 0 Å². The molecule has 1 aliphatic heterocycles. The van der Waals surface area contributed by atoms with E-state index in [-0.39, 0.29) is 0 Å². The van der Waals surface area contributed by atoms with Crippen molar-refractivity contribution in [1.82, 2.24) is 4.57 Å². The number of hydrogen-bond donors (Lipinski definition) is 0. The molecule has 0 atom stereocenters. The molecule has 0 radical (unpaired) electrons. The molecule has 0 aromatic heterocycles.